The molecule has 108 valence electrons. The highest BCUT2D eigenvalue weighted by Crippen LogP contribution is 2.07. The van der Waals surface area contributed by atoms with Crippen LogP contribution in [-0.2, 0) is 13.1 Å². The predicted molar refractivity (Wildman–Crippen MR) is 81.7 cm³/mol. The quantitative estimate of drug-likeness (QED) is 0.910. The monoisotopic (exact) mass is 272 g/mol. The zero-order chi connectivity index (χ0) is 14.7. The van der Waals surface area contributed by atoms with Crippen LogP contribution in [0.5, 0.6) is 0 Å². The number of nitrogens with zero attached hydrogens (tertiary/aromatic N) is 3. The SMILES string of the molecule is Cc1cc(C)n(CC(C)NCc2cnc(C)c(C)c2)n1. The van der Waals surface area contributed by atoms with Gasteiger partial charge in [-0.1, -0.05) is 6.07 Å². The number of rotatable bonds is 5. The van der Waals surface area contributed by atoms with Gasteiger partial charge in [-0.25, -0.2) is 0 Å². The summed E-state index contributed by atoms with van der Waals surface area (Å²) in [5.74, 6) is 0. The van der Waals surface area contributed by atoms with E-state index in [0.717, 1.165) is 24.5 Å². The van der Waals surface area contributed by atoms with Gasteiger partial charge in [0.2, 0.25) is 0 Å². The molecular formula is C16H24N4. The van der Waals surface area contributed by atoms with Gasteiger partial charge in [0, 0.05) is 30.2 Å². The summed E-state index contributed by atoms with van der Waals surface area (Å²) < 4.78 is 2.06. The fourth-order valence-electron chi connectivity index (χ4n) is 2.27. The van der Waals surface area contributed by atoms with E-state index in [2.05, 4.69) is 53.0 Å². The van der Waals surface area contributed by atoms with Crippen molar-refractivity contribution in [1.29, 1.82) is 0 Å². The maximum Gasteiger partial charge on any atom is 0.0596 e. The van der Waals surface area contributed by atoms with Crippen molar-refractivity contribution in [3.05, 3.63) is 46.5 Å². The number of aryl methyl sites for hydroxylation is 4. The second-order valence-corrected chi connectivity index (χ2v) is 5.64. The second kappa shape index (κ2) is 6.18. The first kappa shape index (κ1) is 14.7. The summed E-state index contributed by atoms with van der Waals surface area (Å²) in [5, 5.41) is 8.02. The Morgan fingerprint density at radius 1 is 1.20 bits per heavy atom. The third kappa shape index (κ3) is 3.67. The number of aromatic nitrogens is 3. The van der Waals surface area contributed by atoms with Crippen molar-refractivity contribution in [3.63, 3.8) is 0 Å². The van der Waals surface area contributed by atoms with Gasteiger partial charge in [0.05, 0.1) is 12.2 Å². The van der Waals surface area contributed by atoms with Gasteiger partial charge in [-0.15, -0.1) is 0 Å². The van der Waals surface area contributed by atoms with Crippen LogP contribution < -0.4 is 5.32 Å². The summed E-state index contributed by atoms with van der Waals surface area (Å²) in [7, 11) is 0. The maximum absolute atomic E-state index is 4.50. The Labute approximate surface area is 121 Å². The lowest BCUT2D eigenvalue weighted by Crippen LogP contribution is -2.30. The van der Waals surface area contributed by atoms with Crippen LogP contribution in [-0.4, -0.2) is 20.8 Å². The highest BCUT2D eigenvalue weighted by molar-refractivity contribution is 5.22. The van der Waals surface area contributed by atoms with E-state index in [1.54, 1.807) is 0 Å². The number of pyridine rings is 1. The molecule has 0 saturated heterocycles. The molecule has 2 rings (SSSR count). The van der Waals surface area contributed by atoms with Crippen LogP contribution in [0.3, 0.4) is 0 Å². The van der Waals surface area contributed by atoms with Gasteiger partial charge in [0.25, 0.3) is 0 Å². The topological polar surface area (TPSA) is 42.7 Å². The summed E-state index contributed by atoms with van der Waals surface area (Å²) in [5.41, 5.74) is 5.87. The Bertz CT molecular complexity index is 586. The van der Waals surface area contributed by atoms with E-state index < -0.39 is 0 Å². The fraction of sp³-hybridized carbons (Fsp3) is 0.500. The first-order valence-corrected chi connectivity index (χ1v) is 7.12. The lowest BCUT2D eigenvalue weighted by molar-refractivity contribution is 0.443. The van der Waals surface area contributed by atoms with Gasteiger partial charge in [-0.3, -0.25) is 9.67 Å². The zero-order valence-corrected chi connectivity index (χ0v) is 13.1. The van der Waals surface area contributed by atoms with Crippen LogP contribution in [0.2, 0.25) is 0 Å². The zero-order valence-electron chi connectivity index (χ0n) is 13.1. The number of hydrogen-bond acceptors (Lipinski definition) is 3. The van der Waals surface area contributed by atoms with Crippen LogP contribution in [0.4, 0.5) is 0 Å². The Hall–Kier alpha value is -1.68. The molecule has 0 amide bonds. The average Bonchev–Trinajstić information content (AvgIpc) is 2.69. The van der Waals surface area contributed by atoms with Crippen LogP contribution >= 0.6 is 0 Å². The molecule has 0 fully saturated rings. The third-order valence-corrected chi connectivity index (χ3v) is 3.60. The Balaban J connectivity index is 1.90. The predicted octanol–water partition coefficient (Wildman–Crippen LogP) is 2.69. The van der Waals surface area contributed by atoms with Crippen LogP contribution in [0, 0.1) is 27.7 Å². The summed E-state index contributed by atoms with van der Waals surface area (Å²) in [6.07, 6.45) is 1.95. The lowest BCUT2D eigenvalue weighted by Gasteiger charge is -2.15. The van der Waals surface area contributed by atoms with E-state index in [1.807, 2.05) is 20.0 Å². The average molecular weight is 272 g/mol. The molecule has 0 aliphatic rings. The summed E-state index contributed by atoms with van der Waals surface area (Å²) >= 11 is 0. The summed E-state index contributed by atoms with van der Waals surface area (Å²) in [6.45, 7) is 12.2. The van der Waals surface area contributed by atoms with Crippen molar-refractivity contribution in [1.82, 2.24) is 20.1 Å². The molecule has 1 unspecified atom stereocenters. The summed E-state index contributed by atoms with van der Waals surface area (Å²) in [4.78, 5) is 4.40. The van der Waals surface area contributed by atoms with Crippen molar-refractivity contribution in [2.75, 3.05) is 0 Å². The van der Waals surface area contributed by atoms with Crippen molar-refractivity contribution >= 4 is 0 Å². The smallest absolute Gasteiger partial charge is 0.0596 e. The van der Waals surface area contributed by atoms with Crippen LogP contribution in [0.25, 0.3) is 0 Å². The molecule has 0 radical (unpaired) electrons. The Morgan fingerprint density at radius 2 is 1.95 bits per heavy atom. The number of hydrogen-bond donors (Lipinski definition) is 1. The van der Waals surface area contributed by atoms with E-state index in [0.29, 0.717) is 6.04 Å². The van der Waals surface area contributed by atoms with E-state index in [1.165, 1.54) is 16.8 Å². The molecule has 2 aromatic heterocycles. The van der Waals surface area contributed by atoms with Crippen molar-refractivity contribution < 1.29 is 0 Å². The van der Waals surface area contributed by atoms with Gasteiger partial charge in [0.1, 0.15) is 0 Å². The Kier molecular flexibility index (Phi) is 4.55. The van der Waals surface area contributed by atoms with E-state index in [9.17, 15) is 0 Å². The van der Waals surface area contributed by atoms with Gasteiger partial charge in [-0.05, 0) is 51.8 Å². The molecule has 2 aromatic rings. The van der Waals surface area contributed by atoms with Crippen LogP contribution in [0.15, 0.2) is 18.3 Å². The fourth-order valence-corrected chi connectivity index (χ4v) is 2.27. The standard InChI is InChI=1S/C16H24N4/c1-11-6-16(9-18-15(11)5)8-17-13(3)10-20-14(4)7-12(2)19-20/h6-7,9,13,17H,8,10H2,1-5H3. The second-order valence-electron chi connectivity index (χ2n) is 5.64. The molecule has 4 nitrogen and oxygen atoms in total. The highest BCUT2D eigenvalue weighted by Gasteiger charge is 2.07. The minimum atomic E-state index is 0.370. The van der Waals surface area contributed by atoms with Gasteiger partial charge >= 0.3 is 0 Å². The van der Waals surface area contributed by atoms with Crippen molar-refractivity contribution in [2.45, 2.75) is 53.8 Å². The lowest BCUT2D eigenvalue weighted by atomic mass is 10.1. The minimum absolute atomic E-state index is 0.370. The van der Waals surface area contributed by atoms with Crippen molar-refractivity contribution in [3.8, 4) is 0 Å². The van der Waals surface area contributed by atoms with Crippen molar-refractivity contribution in [2.24, 2.45) is 0 Å². The molecule has 0 aliphatic heterocycles. The summed E-state index contributed by atoms with van der Waals surface area (Å²) in [6, 6.07) is 4.68. The number of nitrogens with one attached hydrogen (secondary N) is 1. The normalized spacial score (nSPS) is 12.7. The molecule has 0 saturated carbocycles. The van der Waals surface area contributed by atoms with E-state index >= 15 is 0 Å². The first-order chi connectivity index (χ1) is 9.45. The van der Waals surface area contributed by atoms with Gasteiger partial charge in [0.15, 0.2) is 0 Å². The molecule has 2 heterocycles. The van der Waals surface area contributed by atoms with Gasteiger partial charge < -0.3 is 5.32 Å². The largest absolute Gasteiger partial charge is 0.308 e. The highest BCUT2D eigenvalue weighted by atomic mass is 15.3. The van der Waals surface area contributed by atoms with Gasteiger partial charge in [-0.2, -0.15) is 5.10 Å². The molecule has 0 aromatic carbocycles. The molecular weight excluding hydrogens is 248 g/mol. The molecule has 20 heavy (non-hydrogen) atoms. The third-order valence-electron chi connectivity index (χ3n) is 3.60. The minimum Gasteiger partial charge on any atom is -0.308 e. The van der Waals surface area contributed by atoms with E-state index in [4.69, 9.17) is 0 Å². The Morgan fingerprint density at radius 3 is 2.55 bits per heavy atom. The molecule has 1 N–H and O–H groups in total. The maximum atomic E-state index is 4.50. The first-order valence-electron chi connectivity index (χ1n) is 7.12. The van der Waals surface area contributed by atoms with E-state index in [-0.39, 0.29) is 0 Å². The molecule has 4 heteroatoms. The molecule has 1 atom stereocenters. The molecule has 0 spiro atoms. The molecule has 0 aliphatic carbocycles. The van der Waals surface area contributed by atoms with Crippen LogP contribution in [0.1, 0.15) is 35.1 Å². The molecule has 0 bridgehead atoms.